The average Bonchev–Trinajstić information content (AvgIpc) is 3.39. The van der Waals surface area contributed by atoms with Crippen molar-refractivity contribution in [3.05, 3.63) is 100 Å². The van der Waals surface area contributed by atoms with Crippen LogP contribution in [-0.2, 0) is 10.3 Å². The van der Waals surface area contributed by atoms with Crippen molar-refractivity contribution in [2.24, 2.45) is 0 Å². The quantitative estimate of drug-likeness (QED) is 0.235. The lowest BCUT2D eigenvalue weighted by atomic mass is 9.91. The molecule has 5 heteroatoms. The molecule has 1 aliphatic rings. The smallest absolute Gasteiger partial charge is 0.339 e. The molecule has 0 bridgehead atoms. The molecule has 1 unspecified atom stereocenters. The van der Waals surface area contributed by atoms with E-state index in [-0.39, 0.29) is 10.5 Å². The van der Waals surface area contributed by atoms with E-state index in [4.69, 9.17) is 4.74 Å². The van der Waals surface area contributed by atoms with Crippen molar-refractivity contribution in [3.8, 4) is 4.90 Å². The van der Waals surface area contributed by atoms with Crippen LogP contribution in [0.5, 0.6) is 0 Å². The van der Waals surface area contributed by atoms with E-state index >= 15 is 0 Å². The third kappa shape index (κ3) is 3.71. The highest BCUT2D eigenvalue weighted by molar-refractivity contribution is 7.43. The molecule has 1 aromatic heterocycles. The van der Waals surface area contributed by atoms with Crippen molar-refractivity contribution in [1.82, 2.24) is 0 Å². The van der Waals surface area contributed by atoms with Crippen LogP contribution in [0.15, 0.2) is 72.1 Å². The number of thiophene rings is 1. The van der Waals surface area contributed by atoms with Gasteiger partial charge in [-0.05, 0) is 81.1 Å². The molecule has 32 heavy (non-hydrogen) atoms. The summed E-state index contributed by atoms with van der Waals surface area (Å²) in [7, 11) is -0.162. The van der Waals surface area contributed by atoms with E-state index < -0.39 is 23.2 Å². The number of esters is 1. The number of aryl methyl sites for hydroxylation is 1. The number of fused-ring (bicyclic) bond motifs is 1. The van der Waals surface area contributed by atoms with Gasteiger partial charge in [0, 0.05) is 33.0 Å². The summed E-state index contributed by atoms with van der Waals surface area (Å²) in [4.78, 5) is 14.1. The van der Waals surface area contributed by atoms with Gasteiger partial charge < -0.3 is 4.74 Å². The van der Waals surface area contributed by atoms with Crippen molar-refractivity contribution in [2.75, 3.05) is 0 Å². The summed E-state index contributed by atoms with van der Waals surface area (Å²) in [6, 6.07) is 19.3. The number of halogens is 2. The number of hydrogen-bond donors (Lipinski definition) is 0. The Kier molecular flexibility index (Phi) is 5.30. The first-order valence-corrected chi connectivity index (χ1v) is 12.0. The highest BCUT2D eigenvalue weighted by atomic mass is 32.2. The maximum atomic E-state index is 13.9. The van der Waals surface area contributed by atoms with Gasteiger partial charge >= 0.3 is 5.97 Å². The number of hydrogen-bond acceptors (Lipinski definition) is 2. The van der Waals surface area contributed by atoms with Gasteiger partial charge in [0.05, 0.1) is 5.56 Å². The third-order valence-corrected chi connectivity index (χ3v) is 8.47. The summed E-state index contributed by atoms with van der Waals surface area (Å²) in [6.07, 6.45) is 2.81. The molecule has 0 N–H and O–H groups in total. The Morgan fingerprint density at radius 1 is 0.938 bits per heavy atom. The maximum Gasteiger partial charge on any atom is 0.339 e. The summed E-state index contributed by atoms with van der Waals surface area (Å²) in [5.41, 5.74) is 1.11. The van der Waals surface area contributed by atoms with Crippen LogP contribution < -0.4 is 0 Å². The average molecular weight is 450 g/mol. The first kappa shape index (κ1) is 20.8. The molecular weight excluding hydrogens is 426 g/mol. The van der Waals surface area contributed by atoms with E-state index in [9.17, 15) is 13.6 Å². The van der Waals surface area contributed by atoms with Gasteiger partial charge in [0.1, 0.15) is 22.6 Å². The molecule has 1 heterocycles. The normalized spacial score (nSPS) is 15.8. The number of carbonyl (C=O) groups is 1. The zero-order valence-corrected chi connectivity index (χ0v) is 18.6. The molecule has 0 spiro atoms. The Bertz CT molecular complexity index is 1280. The van der Waals surface area contributed by atoms with Gasteiger partial charge in [-0.2, -0.15) is 0 Å². The summed E-state index contributed by atoms with van der Waals surface area (Å²) in [6.45, 7) is 2.12. The lowest BCUT2D eigenvalue weighted by Gasteiger charge is -2.29. The molecular formula is C27H23F2O2S+. The van der Waals surface area contributed by atoms with Gasteiger partial charge in [0.15, 0.2) is 9.60 Å². The van der Waals surface area contributed by atoms with E-state index in [0.29, 0.717) is 24.0 Å². The molecule has 162 valence electrons. The van der Waals surface area contributed by atoms with Crippen LogP contribution >= 0.6 is 10.5 Å². The molecule has 1 saturated carbocycles. The van der Waals surface area contributed by atoms with Gasteiger partial charge in [-0.15, -0.1) is 0 Å². The number of ether oxygens (including phenoxy) is 1. The van der Waals surface area contributed by atoms with Crippen LogP contribution in [0.1, 0.15) is 47.2 Å². The van der Waals surface area contributed by atoms with Crippen LogP contribution in [0.3, 0.4) is 0 Å². The SMILES string of the molecule is Cc1c[s+](-c2ccc(C(=O)OC3(c4cc(F)cc(F)c4)CCCC3)cc2)c2ccccc12. The van der Waals surface area contributed by atoms with Crippen LogP contribution in [-0.4, -0.2) is 5.97 Å². The number of benzene rings is 3. The number of carbonyl (C=O) groups excluding carboxylic acids is 1. The van der Waals surface area contributed by atoms with Crippen molar-refractivity contribution in [3.63, 3.8) is 0 Å². The van der Waals surface area contributed by atoms with E-state index in [1.54, 1.807) is 12.1 Å². The summed E-state index contributed by atoms with van der Waals surface area (Å²) >= 11 is 0. The van der Waals surface area contributed by atoms with Crippen LogP contribution in [0.4, 0.5) is 8.78 Å². The van der Waals surface area contributed by atoms with Gasteiger partial charge in [-0.3, -0.25) is 0 Å². The third-order valence-electron chi connectivity index (χ3n) is 6.28. The predicted octanol–water partition coefficient (Wildman–Crippen LogP) is 7.79. The van der Waals surface area contributed by atoms with E-state index in [1.807, 2.05) is 24.3 Å². The fourth-order valence-corrected chi connectivity index (χ4v) is 6.79. The molecule has 0 radical (unpaired) electrons. The number of rotatable bonds is 4. The maximum absolute atomic E-state index is 13.9. The molecule has 1 aliphatic carbocycles. The predicted molar refractivity (Wildman–Crippen MR) is 124 cm³/mol. The van der Waals surface area contributed by atoms with Crippen molar-refractivity contribution < 1.29 is 18.3 Å². The highest BCUT2D eigenvalue weighted by Crippen LogP contribution is 2.44. The van der Waals surface area contributed by atoms with Crippen LogP contribution in [0.2, 0.25) is 0 Å². The fraction of sp³-hybridized carbons (Fsp3) is 0.222. The molecule has 0 aliphatic heterocycles. The minimum absolute atomic E-state index is 0.162. The fourth-order valence-electron chi connectivity index (χ4n) is 4.67. The Balaban J connectivity index is 1.43. The molecule has 0 saturated heterocycles. The van der Waals surface area contributed by atoms with Crippen molar-refractivity contribution in [2.45, 2.75) is 38.2 Å². The lowest BCUT2D eigenvalue weighted by Crippen LogP contribution is -2.29. The van der Waals surface area contributed by atoms with Crippen LogP contribution in [0.25, 0.3) is 15.0 Å². The molecule has 3 aromatic carbocycles. The van der Waals surface area contributed by atoms with Crippen LogP contribution in [0, 0.1) is 18.6 Å². The summed E-state index contributed by atoms with van der Waals surface area (Å²) < 4.78 is 34.9. The van der Waals surface area contributed by atoms with Gasteiger partial charge in [0.2, 0.25) is 0 Å². The minimum Gasteiger partial charge on any atom is -0.451 e. The first-order valence-electron chi connectivity index (χ1n) is 10.8. The largest absolute Gasteiger partial charge is 0.451 e. The van der Waals surface area contributed by atoms with Crippen molar-refractivity contribution >= 4 is 26.5 Å². The molecule has 1 fully saturated rings. The zero-order chi connectivity index (χ0) is 22.3. The van der Waals surface area contributed by atoms with Gasteiger partial charge in [-0.1, -0.05) is 12.1 Å². The van der Waals surface area contributed by atoms with E-state index in [1.165, 1.54) is 27.8 Å². The first-order chi connectivity index (χ1) is 15.4. The zero-order valence-electron chi connectivity index (χ0n) is 17.7. The van der Waals surface area contributed by atoms with Gasteiger partial charge in [-0.25, -0.2) is 13.6 Å². The molecule has 1 atom stereocenters. The van der Waals surface area contributed by atoms with Gasteiger partial charge in [0.25, 0.3) is 0 Å². The Morgan fingerprint density at radius 2 is 1.59 bits per heavy atom. The lowest BCUT2D eigenvalue weighted by molar-refractivity contribution is -0.0186. The second-order valence-electron chi connectivity index (χ2n) is 8.41. The Labute approximate surface area is 188 Å². The molecule has 0 amide bonds. The topological polar surface area (TPSA) is 26.3 Å². The standard InChI is InChI=1S/C27H23F2O2S/c1-18-17-32(25-7-3-2-6-24(18)25)23-10-8-19(9-11-23)26(30)31-27(12-4-5-13-27)20-14-21(28)16-22(29)15-20/h2-3,6-11,14-17H,4-5,12-13H2,1H3/q+1. The molecule has 4 aromatic rings. The Morgan fingerprint density at radius 3 is 2.28 bits per heavy atom. The monoisotopic (exact) mass is 449 g/mol. The summed E-state index contributed by atoms with van der Waals surface area (Å²) in [5.74, 6) is -1.79. The van der Waals surface area contributed by atoms with E-state index in [2.05, 4.69) is 24.4 Å². The summed E-state index contributed by atoms with van der Waals surface area (Å²) in [5, 5.41) is 3.54. The Hall–Kier alpha value is -3.05. The second-order valence-corrected chi connectivity index (χ2v) is 10.2. The molecule has 2 nitrogen and oxygen atoms in total. The van der Waals surface area contributed by atoms with E-state index in [0.717, 1.165) is 23.8 Å². The highest BCUT2D eigenvalue weighted by Gasteiger charge is 2.40. The minimum atomic E-state index is -0.981. The second kappa shape index (κ2) is 8.14. The van der Waals surface area contributed by atoms with Crippen molar-refractivity contribution in [1.29, 1.82) is 0 Å². The molecule has 5 rings (SSSR count).